The summed E-state index contributed by atoms with van der Waals surface area (Å²) in [6.07, 6.45) is 2.81. The average Bonchev–Trinajstić information content (AvgIpc) is 3.11. The number of hydrazine groups is 1. The molecule has 0 fully saturated rings. The zero-order chi connectivity index (χ0) is 16.8. The van der Waals surface area contributed by atoms with Crippen molar-refractivity contribution in [1.82, 2.24) is 15.8 Å². The topological polar surface area (TPSA) is 105 Å². The first kappa shape index (κ1) is 15.5. The lowest BCUT2D eigenvalue weighted by molar-refractivity contribution is -0.131. The number of oxime groups is 1. The minimum atomic E-state index is -0.794. The second kappa shape index (κ2) is 7.23. The summed E-state index contributed by atoms with van der Waals surface area (Å²) in [4.78, 5) is 32.8. The van der Waals surface area contributed by atoms with E-state index < -0.39 is 18.0 Å². The van der Waals surface area contributed by atoms with Crippen LogP contribution >= 0.6 is 0 Å². The SMILES string of the molecule is O=C(NNC(=O)[C@@H]1CC(c2cccnc2)=NO1)Nc1ccccc1. The molecule has 0 unspecified atom stereocenters. The Hall–Kier alpha value is -3.42. The number of nitrogens with one attached hydrogen (secondary N) is 3. The van der Waals surface area contributed by atoms with Crippen LogP contribution in [0, 0.1) is 0 Å². The van der Waals surface area contributed by atoms with Crippen molar-refractivity contribution in [3.05, 3.63) is 60.4 Å². The molecule has 1 aliphatic rings. The summed E-state index contributed by atoms with van der Waals surface area (Å²) < 4.78 is 0. The van der Waals surface area contributed by atoms with Crippen LogP contribution in [0.25, 0.3) is 0 Å². The van der Waals surface area contributed by atoms with Gasteiger partial charge in [-0.2, -0.15) is 0 Å². The number of carbonyl (C=O) groups is 2. The van der Waals surface area contributed by atoms with Gasteiger partial charge in [0.15, 0.2) is 0 Å². The highest BCUT2D eigenvalue weighted by molar-refractivity contribution is 6.04. The molecule has 1 aliphatic heterocycles. The molecule has 1 atom stereocenters. The predicted molar refractivity (Wildman–Crippen MR) is 87.0 cm³/mol. The maximum atomic E-state index is 12.0. The number of rotatable bonds is 3. The number of hydrogen-bond donors (Lipinski definition) is 3. The van der Waals surface area contributed by atoms with E-state index in [0.717, 1.165) is 5.56 Å². The summed E-state index contributed by atoms with van der Waals surface area (Å²) in [6, 6.07) is 11.9. The molecule has 0 spiro atoms. The van der Waals surface area contributed by atoms with E-state index in [1.165, 1.54) is 0 Å². The molecular formula is C16H15N5O3. The van der Waals surface area contributed by atoms with Crippen LogP contribution in [0.5, 0.6) is 0 Å². The van der Waals surface area contributed by atoms with E-state index in [1.807, 2.05) is 12.1 Å². The van der Waals surface area contributed by atoms with Crippen LogP contribution in [0.4, 0.5) is 10.5 Å². The second-order valence-electron chi connectivity index (χ2n) is 5.01. The summed E-state index contributed by atoms with van der Waals surface area (Å²) in [5.74, 6) is -0.485. The molecule has 2 aromatic rings. The second-order valence-corrected chi connectivity index (χ2v) is 5.01. The van der Waals surface area contributed by atoms with E-state index in [0.29, 0.717) is 17.8 Å². The fourth-order valence-corrected chi connectivity index (χ4v) is 2.10. The highest BCUT2D eigenvalue weighted by atomic mass is 16.6. The monoisotopic (exact) mass is 325 g/mol. The van der Waals surface area contributed by atoms with Gasteiger partial charge in [-0.25, -0.2) is 10.2 Å². The zero-order valence-electron chi connectivity index (χ0n) is 12.6. The highest BCUT2D eigenvalue weighted by Crippen LogP contribution is 2.15. The number of anilines is 1. The van der Waals surface area contributed by atoms with Crippen LogP contribution in [0.1, 0.15) is 12.0 Å². The van der Waals surface area contributed by atoms with Crippen molar-refractivity contribution in [3.63, 3.8) is 0 Å². The zero-order valence-corrected chi connectivity index (χ0v) is 12.6. The normalized spacial score (nSPS) is 15.8. The number of pyridine rings is 1. The molecule has 0 radical (unpaired) electrons. The number of aromatic nitrogens is 1. The number of nitrogens with zero attached hydrogens (tertiary/aromatic N) is 2. The molecule has 3 N–H and O–H groups in total. The number of hydrogen-bond acceptors (Lipinski definition) is 5. The predicted octanol–water partition coefficient (Wildman–Crippen LogP) is 1.43. The van der Waals surface area contributed by atoms with Gasteiger partial charge in [0.1, 0.15) is 0 Å². The number of para-hydroxylation sites is 1. The van der Waals surface area contributed by atoms with Crippen LogP contribution in [0.3, 0.4) is 0 Å². The Labute approximate surface area is 137 Å². The van der Waals surface area contributed by atoms with Gasteiger partial charge in [-0.05, 0) is 24.3 Å². The van der Waals surface area contributed by atoms with Gasteiger partial charge in [0.05, 0.1) is 5.71 Å². The van der Waals surface area contributed by atoms with Crippen LogP contribution in [-0.4, -0.2) is 28.7 Å². The van der Waals surface area contributed by atoms with Crippen molar-refractivity contribution in [2.45, 2.75) is 12.5 Å². The third kappa shape index (κ3) is 3.86. The summed E-state index contributed by atoms with van der Waals surface area (Å²) in [5.41, 5.74) is 6.62. The fourth-order valence-electron chi connectivity index (χ4n) is 2.10. The molecule has 2 heterocycles. The van der Waals surface area contributed by atoms with E-state index in [1.54, 1.807) is 42.7 Å². The molecule has 1 aromatic carbocycles. The third-order valence-corrected chi connectivity index (χ3v) is 3.29. The minimum absolute atomic E-state index is 0.305. The number of carbonyl (C=O) groups excluding carboxylic acids is 2. The number of amides is 3. The molecule has 3 rings (SSSR count). The van der Waals surface area contributed by atoms with Crippen molar-refractivity contribution in [2.75, 3.05) is 5.32 Å². The highest BCUT2D eigenvalue weighted by Gasteiger charge is 2.29. The van der Waals surface area contributed by atoms with Crippen molar-refractivity contribution in [3.8, 4) is 0 Å². The lowest BCUT2D eigenvalue weighted by atomic mass is 10.1. The van der Waals surface area contributed by atoms with Gasteiger partial charge in [-0.3, -0.25) is 15.2 Å². The Morgan fingerprint density at radius 3 is 2.67 bits per heavy atom. The van der Waals surface area contributed by atoms with Gasteiger partial charge >= 0.3 is 6.03 Å². The lowest BCUT2D eigenvalue weighted by Crippen LogP contribution is -2.48. The molecule has 3 amide bonds. The van der Waals surface area contributed by atoms with E-state index in [9.17, 15) is 9.59 Å². The van der Waals surface area contributed by atoms with Crippen LogP contribution in [0.2, 0.25) is 0 Å². The first-order chi connectivity index (χ1) is 11.7. The van der Waals surface area contributed by atoms with E-state index in [4.69, 9.17) is 4.84 Å². The molecular weight excluding hydrogens is 310 g/mol. The van der Waals surface area contributed by atoms with E-state index in [-0.39, 0.29) is 0 Å². The maximum absolute atomic E-state index is 12.0. The molecule has 8 nitrogen and oxygen atoms in total. The first-order valence-corrected chi connectivity index (χ1v) is 7.27. The molecule has 0 bridgehead atoms. The minimum Gasteiger partial charge on any atom is -0.382 e. The van der Waals surface area contributed by atoms with Gasteiger partial charge < -0.3 is 10.2 Å². The van der Waals surface area contributed by atoms with E-state index >= 15 is 0 Å². The fraction of sp³-hybridized carbons (Fsp3) is 0.125. The quantitative estimate of drug-likeness (QED) is 0.742. The first-order valence-electron chi connectivity index (χ1n) is 7.27. The molecule has 1 aromatic heterocycles. The third-order valence-electron chi connectivity index (χ3n) is 3.29. The van der Waals surface area contributed by atoms with Gasteiger partial charge in [0.25, 0.3) is 5.91 Å². The Kier molecular flexibility index (Phi) is 4.66. The molecule has 122 valence electrons. The Morgan fingerprint density at radius 1 is 1.08 bits per heavy atom. The van der Waals surface area contributed by atoms with Gasteiger partial charge in [-0.1, -0.05) is 23.4 Å². The van der Waals surface area contributed by atoms with Gasteiger partial charge in [0, 0.05) is 30.1 Å². The van der Waals surface area contributed by atoms with Crippen molar-refractivity contribution < 1.29 is 14.4 Å². The molecule has 24 heavy (non-hydrogen) atoms. The molecule has 8 heteroatoms. The average molecular weight is 325 g/mol. The van der Waals surface area contributed by atoms with Crippen LogP contribution < -0.4 is 16.2 Å². The molecule has 0 aliphatic carbocycles. The lowest BCUT2D eigenvalue weighted by Gasteiger charge is -2.11. The number of benzene rings is 1. The maximum Gasteiger partial charge on any atom is 0.337 e. The van der Waals surface area contributed by atoms with Crippen molar-refractivity contribution in [2.24, 2.45) is 5.16 Å². The van der Waals surface area contributed by atoms with Crippen molar-refractivity contribution in [1.29, 1.82) is 0 Å². The summed E-state index contributed by atoms with van der Waals surface area (Å²) in [7, 11) is 0. The smallest absolute Gasteiger partial charge is 0.337 e. The summed E-state index contributed by atoms with van der Waals surface area (Å²) in [5, 5.41) is 6.47. The number of urea groups is 1. The Balaban J connectivity index is 1.46. The van der Waals surface area contributed by atoms with E-state index in [2.05, 4.69) is 26.3 Å². The largest absolute Gasteiger partial charge is 0.382 e. The van der Waals surface area contributed by atoms with Crippen molar-refractivity contribution >= 4 is 23.3 Å². The standard InChI is InChI=1S/C16H15N5O3/c22-15(19-20-16(23)18-12-6-2-1-3-7-12)14-9-13(21-24-14)11-5-4-8-17-10-11/h1-8,10,14H,9H2,(H,19,22)(H2,18,20,23)/t14-/m0/s1. The Bertz CT molecular complexity index is 749. The molecule has 0 saturated heterocycles. The summed E-state index contributed by atoms with van der Waals surface area (Å²) >= 11 is 0. The summed E-state index contributed by atoms with van der Waals surface area (Å²) in [6.45, 7) is 0. The Morgan fingerprint density at radius 2 is 1.92 bits per heavy atom. The van der Waals surface area contributed by atoms with Gasteiger partial charge in [-0.15, -0.1) is 0 Å². The van der Waals surface area contributed by atoms with Crippen LogP contribution in [-0.2, 0) is 9.63 Å². The van der Waals surface area contributed by atoms with Gasteiger partial charge in [0.2, 0.25) is 6.10 Å². The van der Waals surface area contributed by atoms with Crippen LogP contribution in [0.15, 0.2) is 60.0 Å². The molecule has 0 saturated carbocycles.